The molecule has 0 N–H and O–H groups in total. The van der Waals surface area contributed by atoms with Gasteiger partial charge in [0.25, 0.3) is 5.56 Å². The van der Waals surface area contributed by atoms with E-state index in [1.807, 2.05) is 32.0 Å². The summed E-state index contributed by atoms with van der Waals surface area (Å²) in [4.78, 5) is 30.0. The van der Waals surface area contributed by atoms with E-state index in [0.717, 1.165) is 22.4 Å². The Kier molecular flexibility index (Phi) is 9.51. The second kappa shape index (κ2) is 13.5. The van der Waals surface area contributed by atoms with Crippen molar-refractivity contribution in [3.8, 4) is 22.9 Å². The quantitative estimate of drug-likeness (QED) is 0.0855. The number of ether oxygens (including phenoxy) is 2. The maximum Gasteiger partial charge on any atom is 0.311 e. The smallest absolute Gasteiger partial charge is 0.311 e. The minimum absolute atomic E-state index is 0.0481. The van der Waals surface area contributed by atoms with Crippen LogP contribution in [0.1, 0.15) is 48.9 Å². The predicted octanol–water partition coefficient (Wildman–Crippen LogP) is 8.57. The van der Waals surface area contributed by atoms with Crippen LogP contribution in [0.25, 0.3) is 22.3 Å². The minimum Gasteiger partial charge on any atom is -0.494 e. The van der Waals surface area contributed by atoms with Crippen molar-refractivity contribution >= 4 is 46.0 Å². The number of para-hydroxylation sites is 1. The number of benzene rings is 4. The molecule has 0 bridgehead atoms. The molecule has 0 saturated carbocycles. The Morgan fingerprint density at radius 1 is 1.00 bits per heavy atom. The number of nitrogens with zero attached hydrogens (tertiary/aromatic N) is 4. The molecule has 0 fully saturated rings. The highest BCUT2D eigenvalue weighted by molar-refractivity contribution is 6.42. The highest BCUT2D eigenvalue weighted by Gasteiger charge is 2.20. The van der Waals surface area contributed by atoms with Crippen molar-refractivity contribution in [2.75, 3.05) is 6.61 Å². The fourth-order valence-electron chi connectivity index (χ4n) is 4.87. The summed E-state index contributed by atoms with van der Waals surface area (Å²) in [6, 6.07) is 20.4. The average molecular weight is 646 g/mol. The van der Waals surface area contributed by atoms with Gasteiger partial charge in [0.05, 0.1) is 38.7 Å². The molecular weight excluding hydrogens is 615 g/mol. The molecule has 0 spiro atoms. The van der Waals surface area contributed by atoms with E-state index in [9.17, 15) is 14.9 Å². The molecule has 0 saturated heterocycles. The van der Waals surface area contributed by atoms with E-state index in [-0.39, 0.29) is 29.5 Å². The summed E-state index contributed by atoms with van der Waals surface area (Å²) in [5.74, 6) is 1.34. The van der Waals surface area contributed by atoms with Gasteiger partial charge in [0.15, 0.2) is 11.6 Å². The van der Waals surface area contributed by atoms with Crippen LogP contribution in [0.3, 0.4) is 0 Å². The Hall–Kier alpha value is -4.73. The number of aryl methyl sites for hydroxylation is 1. The molecule has 11 heteroatoms. The second-order valence-corrected chi connectivity index (χ2v) is 11.4. The third-order valence-corrected chi connectivity index (χ3v) is 7.89. The Morgan fingerprint density at radius 3 is 2.49 bits per heavy atom. The highest BCUT2D eigenvalue weighted by Crippen LogP contribution is 2.35. The third-order valence-electron chi connectivity index (χ3n) is 7.15. The van der Waals surface area contributed by atoms with Crippen LogP contribution in [0.5, 0.6) is 11.5 Å². The number of hydrogen-bond donors (Lipinski definition) is 0. The van der Waals surface area contributed by atoms with Gasteiger partial charge in [-0.2, -0.15) is 9.78 Å². The molecular formula is C34H30Cl2N4O5. The van der Waals surface area contributed by atoms with E-state index in [4.69, 9.17) is 37.7 Å². The van der Waals surface area contributed by atoms with Gasteiger partial charge in [-0.05, 0) is 85.0 Å². The first-order chi connectivity index (χ1) is 21.6. The lowest BCUT2D eigenvalue weighted by atomic mass is 9.96. The van der Waals surface area contributed by atoms with Gasteiger partial charge in [-0.25, -0.2) is 4.98 Å². The Bertz CT molecular complexity index is 2010. The number of hydrogen-bond acceptors (Lipinski definition) is 7. The molecule has 0 aliphatic rings. The molecule has 0 unspecified atom stereocenters. The molecule has 45 heavy (non-hydrogen) atoms. The summed E-state index contributed by atoms with van der Waals surface area (Å²) in [6.07, 6.45) is 1.39. The maximum atomic E-state index is 13.8. The fraction of sp³-hybridized carbons (Fsp3) is 0.206. The largest absolute Gasteiger partial charge is 0.494 e. The van der Waals surface area contributed by atoms with Gasteiger partial charge < -0.3 is 9.47 Å². The predicted molar refractivity (Wildman–Crippen MR) is 178 cm³/mol. The zero-order valence-corrected chi connectivity index (χ0v) is 26.6. The molecule has 9 nitrogen and oxygen atoms in total. The van der Waals surface area contributed by atoms with Gasteiger partial charge in [-0.1, -0.05) is 55.2 Å². The van der Waals surface area contributed by atoms with E-state index in [1.54, 1.807) is 42.5 Å². The SMILES string of the molecule is CCOc1cc(C)c(-c2nc3ccccc3c(=O)n2N=Cc2ccc(OCc3ccc(Cl)c(Cl)c3)c([N+](=O)[O-])c2)cc1C(C)C. The van der Waals surface area contributed by atoms with Gasteiger partial charge >= 0.3 is 5.69 Å². The molecule has 0 aliphatic heterocycles. The zero-order valence-electron chi connectivity index (χ0n) is 25.1. The molecule has 0 radical (unpaired) electrons. The van der Waals surface area contributed by atoms with Gasteiger partial charge in [0.2, 0.25) is 0 Å². The molecule has 4 aromatic carbocycles. The van der Waals surface area contributed by atoms with Crippen molar-refractivity contribution < 1.29 is 14.4 Å². The van der Waals surface area contributed by atoms with Crippen LogP contribution >= 0.6 is 23.2 Å². The van der Waals surface area contributed by atoms with Gasteiger partial charge in [-0.3, -0.25) is 14.9 Å². The molecule has 1 aromatic heterocycles. The molecule has 0 atom stereocenters. The Balaban J connectivity index is 1.57. The molecule has 230 valence electrons. The summed E-state index contributed by atoms with van der Waals surface area (Å²) in [7, 11) is 0. The molecule has 5 rings (SSSR count). The van der Waals surface area contributed by atoms with Crippen LogP contribution in [0.15, 0.2) is 82.7 Å². The first kappa shape index (κ1) is 31.7. The number of fused-ring (bicyclic) bond motifs is 1. The van der Waals surface area contributed by atoms with Crippen molar-refractivity contribution in [1.29, 1.82) is 0 Å². The summed E-state index contributed by atoms with van der Waals surface area (Å²) in [5, 5.41) is 17.6. The van der Waals surface area contributed by atoms with E-state index in [2.05, 4.69) is 18.9 Å². The van der Waals surface area contributed by atoms with Crippen LogP contribution in [-0.4, -0.2) is 27.4 Å². The minimum atomic E-state index is -0.534. The van der Waals surface area contributed by atoms with Gasteiger partial charge in [0.1, 0.15) is 12.4 Å². The number of aromatic nitrogens is 2. The standard InChI is InChI=1S/C34H30Cl2N4O5/c1-5-44-32-14-21(4)26(17-25(32)20(2)3)33-38-29-9-7-6-8-24(29)34(41)39(33)37-18-22-11-13-31(30(16-22)40(42)43)45-19-23-10-12-27(35)28(36)15-23/h6-18,20H,5,19H2,1-4H3. The van der Waals surface area contributed by atoms with Gasteiger partial charge in [0, 0.05) is 17.2 Å². The molecule has 5 aromatic rings. The van der Waals surface area contributed by atoms with E-state index in [1.165, 1.54) is 23.0 Å². The van der Waals surface area contributed by atoms with E-state index in [0.29, 0.717) is 44.5 Å². The molecule has 0 aliphatic carbocycles. The van der Waals surface area contributed by atoms with Crippen LogP contribution in [0.4, 0.5) is 5.69 Å². The van der Waals surface area contributed by atoms with Gasteiger partial charge in [-0.15, -0.1) is 0 Å². The average Bonchev–Trinajstić information content (AvgIpc) is 3.01. The summed E-state index contributed by atoms with van der Waals surface area (Å²) in [5.41, 5.74) is 3.54. The summed E-state index contributed by atoms with van der Waals surface area (Å²) >= 11 is 12.1. The van der Waals surface area contributed by atoms with Crippen molar-refractivity contribution in [3.63, 3.8) is 0 Å². The van der Waals surface area contributed by atoms with Crippen LogP contribution in [-0.2, 0) is 6.61 Å². The lowest BCUT2D eigenvalue weighted by Crippen LogP contribution is -2.21. The number of rotatable bonds is 10. The normalized spacial score (nSPS) is 11.4. The fourth-order valence-corrected chi connectivity index (χ4v) is 5.19. The van der Waals surface area contributed by atoms with Crippen LogP contribution in [0.2, 0.25) is 10.0 Å². The van der Waals surface area contributed by atoms with Crippen molar-refractivity contribution in [2.24, 2.45) is 5.10 Å². The first-order valence-electron chi connectivity index (χ1n) is 14.3. The number of nitro groups is 1. The van der Waals surface area contributed by atoms with Crippen molar-refractivity contribution in [1.82, 2.24) is 9.66 Å². The Morgan fingerprint density at radius 2 is 1.78 bits per heavy atom. The molecule has 1 heterocycles. The summed E-state index contributed by atoms with van der Waals surface area (Å²) in [6.45, 7) is 8.57. The van der Waals surface area contributed by atoms with E-state index < -0.39 is 4.92 Å². The Labute approximate surface area is 269 Å². The molecule has 0 amide bonds. The first-order valence-corrected chi connectivity index (χ1v) is 15.0. The van der Waals surface area contributed by atoms with Crippen molar-refractivity contribution in [3.05, 3.63) is 126 Å². The van der Waals surface area contributed by atoms with Crippen LogP contribution < -0.4 is 15.0 Å². The number of halogens is 2. The third kappa shape index (κ3) is 6.84. The second-order valence-electron chi connectivity index (χ2n) is 10.6. The van der Waals surface area contributed by atoms with Crippen LogP contribution in [0, 0.1) is 17.0 Å². The zero-order chi connectivity index (χ0) is 32.2. The monoisotopic (exact) mass is 644 g/mol. The van der Waals surface area contributed by atoms with E-state index >= 15 is 0 Å². The topological polar surface area (TPSA) is 109 Å². The lowest BCUT2D eigenvalue weighted by Gasteiger charge is -2.18. The number of nitro benzene ring substituents is 1. The van der Waals surface area contributed by atoms with Crippen molar-refractivity contribution in [2.45, 2.75) is 40.2 Å². The lowest BCUT2D eigenvalue weighted by molar-refractivity contribution is -0.385. The maximum absolute atomic E-state index is 13.8. The summed E-state index contributed by atoms with van der Waals surface area (Å²) < 4.78 is 12.9. The highest BCUT2D eigenvalue weighted by atomic mass is 35.5.